The Kier molecular flexibility index (Phi) is 5.82. The Morgan fingerprint density at radius 1 is 0.625 bits per heavy atom. The zero-order valence-electron chi connectivity index (χ0n) is 10.8. The van der Waals surface area contributed by atoms with Gasteiger partial charge in [0.1, 0.15) is 6.61 Å². The van der Waals surface area contributed by atoms with E-state index >= 15 is 0 Å². The van der Waals surface area contributed by atoms with Gasteiger partial charge in [0.15, 0.2) is 0 Å². The third-order valence-corrected chi connectivity index (χ3v) is 2.68. The Bertz CT molecular complexity index is 441. The SMILES string of the molecule is [O]CC(O)CC(F)(F)C(F)(F)C(F)(F)C(F)(F)C(F)(F)C(F)(F)F. The number of halogens is 13. The molecule has 0 spiro atoms. The second-order valence-corrected chi connectivity index (χ2v) is 4.52. The highest BCUT2D eigenvalue weighted by Gasteiger charge is 2.90. The van der Waals surface area contributed by atoms with Gasteiger partial charge in [-0.1, -0.05) is 0 Å². The Labute approximate surface area is 123 Å². The summed E-state index contributed by atoms with van der Waals surface area (Å²) in [6.45, 7) is -1.99. The molecule has 1 unspecified atom stereocenters. The molecular weight excluding hydrogens is 387 g/mol. The summed E-state index contributed by atoms with van der Waals surface area (Å²) >= 11 is 0. The molecule has 0 aromatic heterocycles. The molecule has 24 heavy (non-hydrogen) atoms. The van der Waals surface area contributed by atoms with Crippen molar-refractivity contribution in [2.75, 3.05) is 6.61 Å². The summed E-state index contributed by atoms with van der Waals surface area (Å²) in [4.78, 5) is 0. The van der Waals surface area contributed by atoms with Crippen LogP contribution in [0.1, 0.15) is 6.42 Å². The number of aliphatic hydroxyl groups is 1. The maximum atomic E-state index is 13.0. The van der Waals surface area contributed by atoms with Crippen LogP contribution in [-0.4, -0.2) is 53.6 Å². The van der Waals surface area contributed by atoms with Crippen LogP contribution in [0.2, 0.25) is 0 Å². The Morgan fingerprint density at radius 2 is 0.958 bits per heavy atom. The maximum absolute atomic E-state index is 13.0. The molecule has 0 saturated carbocycles. The second-order valence-electron chi connectivity index (χ2n) is 4.52. The van der Waals surface area contributed by atoms with E-state index in [1.807, 2.05) is 0 Å². The van der Waals surface area contributed by atoms with Crippen LogP contribution in [0.15, 0.2) is 0 Å². The lowest BCUT2D eigenvalue weighted by Gasteiger charge is -2.40. The van der Waals surface area contributed by atoms with Gasteiger partial charge in [-0.25, -0.2) is 5.11 Å². The third-order valence-electron chi connectivity index (χ3n) is 2.68. The van der Waals surface area contributed by atoms with E-state index < -0.39 is 54.9 Å². The van der Waals surface area contributed by atoms with Crippen LogP contribution in [0, 0.1) is 0 Å². The summed E-state index contributed by atoms with van der Waals surface area (Å²) < 4.78 is 163. The minimum Gasteiger partial charge on any atom is -0.390 e. The first kappa shape index (κ1) is 23.0. The summed E-state index contributed by atoms with van der Waals surface area (Å²) in [6.07, 6.45) is -13.3. The minimum atomic E-state index is -7.98. The lowest BCUT2D eigenvalue weighted by atomic mass is 9.91. The van der Waals surface area contributed by atoms with Gasteiger partial charge in [0, 0.05) is 6.42 Å². The van der Waals surface area contributed by atoms with Crippen molar-refractivity contribution in [2.45, 2.75) is 48.3 Å². The predicted molar refractivity (Wildman–Crippen MR) is 47.0 cm³/mol. The van der Waals surface area contributed by atoms with E-state index in [9.17, 15) is 62.2 Å². The first-order valence-electron chi connectivity index (χ1n) is 5.42. The topological polar surface area (TPSA) is 40.1 Å². The van der Waals surface area contributed by atoms with Gasteiger partial charge in [-0.3, -0.25) is 0 Å². The smallest absolute Gasteiger partial charge is 0.390 e. The van der Waals surface area contributed by atoms with Crippen molar-refractivity contribution in [1.29, 1.82) is 0 Å². The molecule has 0 aliphatic heterocycles. The molecule has 2 nitrogen and oxygen atoms in total. The highest BCUT2D eigenvalue weighted by molar-refractivity contribution is 5.10. The van der Waals surface area contributed by atoms with Crippen LogP contribution in [0.25, 0.3) is 0 Å². The fourth-order valence-electron chi connectivity index (χ4n) is 1.29. The molecule has 0 amide bonds. The van der Waals surface area contributed by atoms with Gasteiger partial charge >= 0.3 is 35.8 Å². The Hall–Kier alpha value is -0.990. The van der Waals surface area contributed by atoms with Crippen LogP contribution in [-0.2, 0) is 5.11 Å². The summed E-state index contributed by atoms with van der Waals surface area (Å²) in [7, 11) is 0. The average Bonchev–Trinajstić information content (AvgIpc) is 2.35. The lowest BCUT2D eigenvalue weighted by Crippen LogP contribution is -2.70. The Balaban J connectivity index is 6.11. The normalized spacial score (nSPS) is 17.1. The van der Waals surface area contributed by atoms with Crippen LogP contribution in [0.5, 0.6) is 0 Å². The van der Waals surface area contributed by atoms with E-state index in [-0.39, 0.29) is 0 Å². The third kappa shape index (κ3) is 3.23. The van der Waals surface area contributed by atoms with Crippen molar-refractivity contribution in [3.8, 4) is 0 Å². The monoisotopic (exact) mass is 393 g/mol. The molecule has 0 rings (SSSR count). The van der Waals surface area contributed by atoms with E-state index in [0.29, 0.717) is 0 Å². The summed E-state index contributed by atoms with van der Waals surface area (Å²) in [5.41, 5.74) is 0. The van der Waals surface area contributed by atoms with Crippen molar-refractivity contribution in [1.82, 2.24) is 0 Å². The highest BCUT2D eigenvalue weighted by atomic mass is 19.4. The molecule has 0 aromatic carbocycles. The zero-order chi connectivity index (χ0) is 20.0. The van der Waals surface area contributed by atoms with E-state index in [4.69, 9.17) is 5.11 Å². The van der Waals surface area contributed by atoms with Gasteiger partial charge in [0.2, 0.25) is 0 Å². The molecule has 0 saturated heterocycles. The van der Waals surface area contributed by atoms with Gasteiger partial charge in [-0.05, 0) is 0 Å². The minimum absolute atomic E-state index is 1.99. The van der Waals surface area contributed by atoms with Gasteiger partial charge < -0.3 is 5.11 Å². The first-order valence-corrected chi connectivity index (χ1v) is 5.42. The number of alkyl halides is 13. The molecule has 1 N–H and O–H groups in total. The van der Waals surface area contributed by atoms with Crippen LogP contribution in [0.4, 0.5) is 57.1 Å². The fourth-order valence-corrected chi connectivity index (χ4v) is 1.29. The zero-order valence-corrected chi connectivity index (χ0v) is 10.8. The fraction of sp³-hybridized carbons (Fsp3) is 1.00. The number of hydrogen-bond acceptors (Lipinski definition) is 1. The van der Waals surface area contributed by atoms with Crippen molar-refractivity contribution in [3.05, 3.63) is 0 Å². The van der Waals surface area contributed by atoms with Gasteiger partial charge in [0.05, 0.1) is 6.10 Å². The number of hydrogen-bond donors (Lipinski definition) is 1. The van der Waals surface area contributed by atoms with Crippen LogP contribution in [0.3, 0.4) is 0 Å². The molecule has 0 aliphatic carbocycles. The van der Waals surface area contributed by atoms with Crippen molar-refractivity contribution in [2.24, 2.45) is 0 Å². The molecular formula is C9H6F13O2. The van der Waals surface area contributed by atoms with Crippen molar-refractivity contribution >= 4 is 0 Å². The van der Waals surface area contributed by atoms with Crippen molar-refractivity contribution in [3.63, 3.8) is 0 Å². The first-order chi connectivity index (χ1) is 10.2. The molecule has 15 heteroatoms. The molecule has 0 heterocycles. The molecule has 1 radical (unpaired) electrons. The summed E-state index contributed by atoms with van der Waals surface area (Å²) in [5.74, 6) is -37.5. The lowest BCUT2D eigenvalue weighted by molar-refractivity contribution is -0.440. The highest BCUT2D eigenvalue weighted by Crippen LogP contribution is 2.60. The van der Waals surface area contributed by atoms with Crippen LogP contribution >= 0.6 is 0 Å². The van der Waals surface area contributed by atoms with Gasteiger partial charge in [-0.15, -0.1) is 0 Å². The van der Waals surface area contributed by atoms with Crippen LogP contribution < -0.4 is 0 Å². The molecule has 145 valence electrons. The number of rotatable bonds is 7. The van der Waals surface area contributed by atoms with Crippen molar-refractivity contribution < 1.29 is 67.3 Å². The second kappa shape index (κ2) is 6.07. The standard InChI is InChI=1S/C9H6F13O2/c10-4(11,1-3(24)2-23)5(12,13)6(14,15)7(16,17)8(18,19)9(20,21)22/h3,24H,1-2H2. The average molecular weight is 393 g/mol. The molecule has 0 aliphatic rings. The summed E-state index contributed by atoms with van der Waals surface area (Å²) in [6, 6.07) is 0. The molecule has 0 fully saturated rings. The Morgan fingerprint density at radius 3 is 1.25 bits per heavy atom. The largest absolute Gasteiger partial charge is 0.460 e. The van der Waals surface area contributed by atoms with Gasteiger partial charge in [0.25, 0.3) is 0 Å². The molecule has 0 bridgehead atoms. The van der Waals surface area contributed by atoms with E-state index in [2.05, 4.69) is 0 Å². The molecule has 1 atom stereocenters. The van der Waals surface area contributed by atoms with E-state index in [1.54, 1.807) is 0 Å². The van der Waals surface area contributed by atoms with E-state index in [0.717, 1.165) is 0 Å². The quantitative estimate of drug-likeness (QED) is 0.655. The number of aliphatic hydroxyl groups excluding tert-OH is 1. The predicted octanol–water partition coefficient (Wildman–Crippen LogP) is 3.91. The van der Waals surface area contributed by atoms with Gasteiger partial charge in [-0.2, -0.15) is 57.1 Å². The maximum Gasteiger partial charge on any atom is 0.460 e. The van der Waals surface area contributed by atoms with E-state index in [1.165, 1.54) is 0 Å². The molecule has 0 aromatic rings. The summed E-state index contributed by atoms with van der Waals surface area (Å²) in [5, 5.41) is 18.4.